The maximum Gasteiger partial charge on any atom is 0.421 e. The van der Waals surface area contributed by atoms with Crippen LogP contribution in [0.5, 0.6) is 0 Å². The molecule has 1 saturated heterocycles. The average Bonchev–Trinajstić information content (AvgIpc) is 2.71. The molecule has 1 N–H and O–H groups in total. The zero-order valence-corrected chi connectivity index (χ0v) is 19.8. The topological polar surface area (TPSA) is 57.6 Å². The van der Waals surface area contributed by atoms with Crippen LogP contribution in [-0.4, -0.2) is 36.1 Å². The first kappa shape index (κ1) is 27.4. The van der Waals surface area contributed by atoms with E-state index in [1.165, 1.54) is 13.8 Å². The van der Waals surface area contributed by atoms with Gasteiger partial charge in [-0.25, -0.2) is 12.8 Å². The van der Waals surface area contributed by atoms with Gasteiger partial charge in [-0.2, -0.15) is 30.6 Å². The number of rotatable bonds is 4. The van der Waals surface area contributed by atoms with Crippen molar-refractivity contribution in [3.05, 3.63) is 65.0 Å². The first-order valence-electron chi connectivity index (χ1n) is 10.7. The number of benzene rings is 2. The molecule has 1 aliphatic rings. The van der Waals surface area contributed by atoms with Crippen molar-refractivity contribution in [3.63, 3.8) is 0 Å². The van der Waals surface area contributed by atoms with Crippen molar-refractivity contribution < 1.29 is 44.3 Å². The van der Waals surface area contributed by atoms with Crippen molar-refractivity contribution >= 4 is 10.0 Å². The number of piperidine rings is 1. The van der Waals surface area contributed by atoms with Crippen LogP contribution in [0.2, 0.25) is 0 Å². The highest BCUT2D eigenvalue weighted by Crippen LogP contribution is 2.44. The van der Waals surface area contributed by atoms with Gasteiger partial charge in [0.2, 0.25) is 10.0 Å². The van der Waals surface area contributed by atoms with Crippen molar-refractivity contribution in [2.45, 2.75) is 74.5 Å². The number of alkyl halides is 6. The molecule has 1 aliphatic heterocycles. The van der Waals surface area contributed by atoms with Crippen molar-refractivity contribution in [2.75, 3.05) is 0 Å². The van der Waals surface area contributed by atoms with Crippen LogP contribution in [0.15, 0.2) is 47.4 Å². The van der Waals surface area contributed by atoms with Crippen molar-refractivity contribution in [2.24, 2.45) is 0 Å². The van der Waals surface area contributed by atoms with E-state index in [1.807, 2.05) is 0 Å². The molecule has 35 heavy (non-hydrogen) atoms. The molecule has 4 nitrogen and oxygen atoms in total. The summed E-state index contributed by atoms with van der Waals surface area (Å²) in [5.41, 5.74) is -5.22. The lowest BCUT2D eigenvalue weighted by atomic mass is 9.81. The molecule has 0 amide bonds. The summed E-state index contributed by atoms with van der Waals surface area (Å²) in [4.78, 5) is -0.477. The summed E-state index contributed by atoms with van der Waals surface area (Å²) in [5, 5.41) is 9.95. The fourth-order valence-electron chi connectivity index (χ4n) is 4.66. The first-order valence-corrected chi connectivity index (χ1v) is 12.1. The summed E-state index contributed by atoms with van der Waals surface area (Å²) >= 11 is 0. The van der Waals surface area contributed by atoms with Gasteiger partial charge in [-0.15, -0.1) is 0 Å². The van der Waals surface area contributed by atoms with E-state index in [9.17, 15) is 44.3 Å². The van der Waals surface area contributed by atoms with Gasteiger partial charge in [0.05, 0.1) is 10.5 Å². The molecule has 4 atom stereocenters. The number of nitrogens with zero attached hydrogens (tertiary/aromatic N) is 1. The molecule has 194 valence electrons. The second kappa shape index (κ2) is 9.04. The van der Waals surface area contributed by atoms with Gasteiger partial charge in [0.25, 0.3) is 0 Å². The molecule has 2 unspecified atom stereocenters. The minimum absolute atomic E-state index is 0.0156. The second-order valence-corrected chi connectivity index (χ2v) is 10.9. The Balaban J connectivity index is 1.95. The number of hydrogen-bond donors (Lipinski definition) is 1. The molecule has 1 heterocycles. The predicted molar refractivity (Wildman–Crippen MR) is 113 cm³/mol. The molecule has 2 aromatic carbocycles. The number of halogens is 7. The first-order chi connectivity index (χ1) is 15.9. The molecule has 2 aromatic rings. The van der Waals surface area contributed by atoms with E-state index in [1.54, 1.807) is 0 Å². The highest BCUT2D eigenvalue weighted by Gasteiger charge is 2.51. The van der Waals surface area contributed by atoms with Crippen LogP contribution in [0, 0.1) is 5.82 Å². The van der Waals surface area contributed by atoms with Crippen molar-refractivity contribution in [3.8, 4) is 0 Å². The number of hydrogen-bond acceptors (Lipinski definition) is 3. The van der Waals surface area contributed by atoms with E-state index in [4.69, 9.17) is 0 Å². The quantitative estimate of drug-likeness (QED) is 0.500. The lowest BCUT2D eigenvalue weighted by molar-refractivity contribution is -0.258. The van der Waals surface area contributed by atoms with Crippen LogP contribution in [0.4, 0.5) is 30.7 Å². The standard InChI is InChI=1S/C23H24F7NO3S/c1-13-9-15(19-8-7-17(24)12-20(19)22(25,26)27)10-14(2)31(13)35(33,34)18-6-4-5-16(11-18)21(3,32)23(28,29)30/h4-8,11-15,32H,9-10H2,1-3H3/t13-,14+,15?,21?. The van der Waals surface area contributed by atoms with Gasteiger partial charge in [0, 0.05) is 12.1 Å². The zero-order chi connectivity index (χ0) is 26.6. The fraction of sp³-hybridized carbons (Fsp3) is 0.478. The Morgan fingerprint density at radius 2 is 1.51 bits per heavy atom. The molecule has 0 spiro atoms. The van der Waals surface area contributed by atoms with Crippen molar-refractivity contribution in [1.29, 1.82) is 0 Å². The van der Waals surface area contributed by atoms with E-state index in [-0.39, 0.29) is 18.4 Å². The lowest BCUT2D eigenvalue weighted by Crippen LogP contribution is -2.49. The largest absolute Gasteiger partial charge is 0.421 e. The Kier molecular flexibility index (Phi) is 7.08. The number of aliphatic hydroxyl groups is 1. The summed E-state index contributed by atoms with van der Waals surface area (Å²) in [5.74, 6) is -1.77. The normalized spacial score (nSPS) is 24.3. The molecule has 0 radical (unpaired) electrons. The Morgan fingerprint density at radius 1 is 0.943 bits per heavy atom. The summed E-state index contributed by atoms with van der Waals surface area (Å²) in [6, 6.07) is 4.63. The Bertz CT molecular complexity index is 1180. The van der Waals surface area contributed by atoms with Gasteiger partial charge in [-0.1, -0.05) is 18.2 Å². The average molecular weight is 528 g/mol. The fourth-order valence-corrected chi connectivity index (χ4v) is 6.55. The van der Waals surface area contributed by atoms with Crippen LogP contribution < -0.4 is 0 Å². The van der Waals surface area contributed by atoms with Crippen LogP contribution in [0.3, 0.4) is 0 Å². The van der Waals surface area contributed by atoms with Gasteiger partial charge in [-0.3, -0.25) is 0 Å². The second-order valence-electron chi connectivity index (χ2n) is 9.03. The van der Waals surface area contributed by atoms with Crippen LogP contribution >= 0.6 is 0 Å². The highest BCUT2D eigenvalue weighted by atomic mass is 32.2. The third-order valence-electron chi connectivity index (χ3n) is 6.40. The predicted octanol–water partition coefficient (Wildman–Crippen LogP) is 5.96. The summed E-state index contributed by atoms with van der Waals surface area (Å²) < 4.78 is 122. The molecule has 3 rings (SSSR count). The number of sulfonamides is 1. The van der Waals surface area contributed by atoms with Crippen molar-refractivity contribution in [1.82, 2.24) is 4.31 Å². The van der Waals surface area contributed by atoms with Gasteiger partial charge >= 0.3 is 12.4 Å². The monoisotopic (exact) mass is 527 g/mol. The van der Waals surface area contributed by atoms with Gasteiger partial charge < -0.3 is 5.11 Å². The van der Waals surface area contributed by atoms with Gasteiger partial charge in [-0.05, 0) is 74.9 Å². The molecule has 0 aliphatic carbocycles. The Labute approximate surface area is 198 Å². The summed E-state index contributed by atoms with van der Waals surface area (Å²) in [6.45, 7) is 3.50. The molecule has 0 aromatic heterocycles. The van der Waals surface area contributed by atoms with Gasteiger partial charge in [0.15, 0.2) is 5.60 Å². The van der Waals surface area contributed by atoms with Crippen LogP contribution in [-0.2, 0) is 21.8 Å². The minimum Gasteiger partial charge on any atom is -0.376 e. The SMILES string of the molecule is C[C@@H]1CC(c2ccc(F)cc2C(F)(F)F)C[C@H](C)N1S(=O)(=O)c1cccc(C(C)(O)C(F)(F)F)c1. The van der Waals surface area contributed by atoms with Crippen LogP contribution in [0.25, 0.3) is 0 Å². The van der Waals surface area contributed by atoms with E-state index < -0.39 is 67.8 Å². The zero-order valence-electron chi connectivity index (χ0n) is 19.0. The Hall–Kier alpha value is -2.18. The molecular formula is C23H24F7NO3S. The molecule has 0 saturated carbocycles. The third-order valence-corrected chi connectivity index (χ3v) is 8.53. The maximum absolute atomic E-state index is 13.5. The highest BCUT2D eigenvalue weighted by molar-refractivity contribution is 7.89. The molecule has 0 bridgehead atoms. The van der Waals surface area contributed by atoms with E-state index in [0.717, 1.165) is 40.7 Å². The van der Waals surface area contributed by atoms with E-state index in [0.29, 0.717) is 13.0 Å². The van der Waals surface area contributed by atoms with E-state index >= 15 is 0 Å². The Morgan fingerprint density at radius 3 is 2.03 bits per heavy atom. The minimum atomic E-state index is -5.06. The third kappa shape index (κ3) is 5.19. The molecule has 12 heteroatoms. The van der Waals surface area contributed by atoms with Gasteiger partial charge in [0.1, 0.15) is 5.82 Å². The molecular weight excluding hydrogens is 503 g/mol. The lowest BCUT2D eigenvalue weighted by Gasteiger charge is -2.42. The smallest absolute Gasteiger partial charge is 0.376 e. The summed E-state index contributed by atoms with van der Waals surface area (Å²) in [6.07, 6.45) is -9.89. The molecule has 1 fully saturated rings. The van der Waals surface area contributed by atoms with Crippen LogP contribution in [0.1, 0.15) is 56.2 Å². The maximum atomic E-state index is 13.5. The summed E-state index contributed by atoms with van der Waals surface area (Å²) in [7, 11) is -4.37. The van der Waals surface area contributed by atoms with E-state index in [2.05, 4.69) is 0 Å².